The van der Waals surface area contributed by atoms with Gasteiger partial charge in [-0.25, -0.2) is 4.79 Å². The van der Waals surface area contributed by atoms with Gasteiger partial charge < -0.3 is 15.4 Å². The Labute approximate surface area is 128 Å². The Kier molecular flexibility index (Phi) is 5.52. The van der Waals surface area contributed by atoms with E-state index >= 15 is 0 Å². The summed E-state index contributed by atoms with van der Waals surface area (Å²) in [5, 5.41) is 6.78. The molecule has 1 aliphatic rings. The standard InChI is InChI=1S/C14H18Cl2N2O2/c1-9(12-5-4-10(15)7-13(12)16)18-14(19)17-8-11-3-2-6-20-11/h4-5,7,9,11H,2-3,6,8H2,1H3,(H2,17,18,19)/t9-,11-/m1/s1. The third-order valence-electron chi connectivity index (χ3n) is 3.29. The van der Waals surface area contributed by atoms with Gasteiger partial charge in [-0.15, -0.1) is 0 Å². The van der Waals surface area contributed by atoms with Crippen molar-refractivity contribution in [1.29, 1.82) is 0 Å². The van der Waals surface area contributed by atoms with E-state index in [-0.39, 0.29) is 18.2 Å². The highest BCUT2D eigenvalue weighted by Gasteiger charge is 2.17. The minimum Gasteiger partial charge on any atom is -0.376 e. The second-order valence-electron chi connectivity index (χ2n) is 4.88. The van der Waals surface area contributed by atoms with E-state index in [9.17, 15) is 4.79 Å². The fourth-order valence-electron chi connectivity index (χ4n) is 2.19. The minimum absolute atomic E-state index is 0.134. The van der Waals surface area contributed by atoms with Gasteiger partial charge in [0, 0.05) is 23.2 Å². The van der Waals surface area contributed by atoms with E-state index in [1.807, 2.05) is 13.0 Å². The van der Waals surface area contributed by atoms with E-state index in [4.69, 9.17) is 27.9 Å². The molecule has 0 bridgehead atoms. The highest BCUT2D eigenvalue weighted by molar-refractivity contribution is 6.35. The Balaban J connectivity index is 1.83. The molecule has 0 radical (unpaired) electrons. The Morgan fingerprint density at radius 1 is 1.50 bits per heavy atom. The van der Waals surface area contributed by atoms with Gasteiger partial charge in [0.2, 0.25) is 0 Å². The fourth-order valence-corrected chi connectivity index (χ4v) is 2.76. The molecule has 20 heavy (non-hydrogen) atoms. The van der Waals surface area contributed by atoms with E-state index in [2.05, 4.69) is 10.6 Å². The highest BCUT2D eigenvalue weighted by Crippen LogP contribution is 2.25. The predicted octanol–water partition coefficient (Wildman–Crippen LogP) is 3.53. The average molecular weight is 317 g/mol. The molecule has 0 saturated carbocycles. The molecule has 0 aromatic heterocycles. The predicted molar refractivity (Wildman–Crippen MR) is 80.4 cm³/mol. The summed E-state index contributed by atoms with van der Waals surface area (Å²) in [5.41, 5.74) is 0.836. The van der Waals surface area contributed by atoms with Crippen molar-refractivity contribution >= 4 is 29.2 Å². The molecule has 0 aliphatic carbocycles. The number of ether oxygens (including phenoxy) is 1. The summed E-state index contributed by atoms with van der Waals surface area (Å²) in [6.45, 7) is 3.19. The summed E-state index contributed by atoms with van der Waals surface area (Å²) in [5.74, 6) is 0. The van der Waals surface area contributed by atoms with Crippen molar-refractivity contribution in [2.75, 3.05) is 13.2 Å². The van der Waals surface area contributed by atoms with Crippen LogP contribution in [0.5, 0.6) is 0 Å². The summed E-state index contributed by atoms with van der Waals surface area (Å²) in [7, 11) is 0. The summed E-state index contributed by atoms with van der Waals surface area (Å²) in [6.07, 6.45) is 2.19. The van der Waals surface area contributed by atoms with Gasteiger partial charge in [-0.3, -0.25) is 0 Å². The van der Waals surface area contributed by atoms with Gasteiger partial charge in [-0.2, -0.15) is 0 Å². The smallest absolute Gasteiger partial charge is 0.315 e. The number of benzene rings is 1. The molecule has 2 atom stereocenters. The summed E-state index contributed by atoms with van der Waals surface area (Å²) < 4.78 is 5.45. The van der Waals surface area contributed by atoms with Crippen LogP contribution in [0.3, 0.4) is 0 Å². The molecular weight excluding hydrogens is 299 g/mol. The van der Waals surface area contributed by atoms with Crippen LogP contribution in [0.1, 0.15) is 31.4 Å². The zero-order chi connectivity index (χ0) is 14.5. The second kappa shape index (κ2) is 7.16. The average Bonchev–Trinajstić information content (AvgIpc) is 2.89. The maximum Gasteiger partial charge on any atom is 0.315 e. The maximum absolute atomic E-state index is 11.8. The van der Waals surface area contributed by atoms with E-state index in [1.54, 1.807) is 12.1 Å². The summed E-state index contributed by atoms with van der Waals surface area (Å²) in [4.78, 5) is 11.8. The van der Waals surface area contributed by atoms with Crippen LogP contribution in [0.15, 0.2) is 18.2 Å². The van der Waals surface area contributed by atoms with Gasteiger partial charge in [-0.05, 0) is 37.5 Å². The lowest BCUT2D eigenvalue weighted by Crippen LogP contribution is -2.40. The number of rotatable bonds is 4. The quantitative estimate of drug-likeness (QED) is 0.892. The molecule has 6 heteroatoms. The van der Waals surface area contributed by atoms with Crippen molar-refractivity contribution in [2.24, 2.45) is 0 Å². The number of halogens is 2. The van der Waals surface area contributed by atoms with Gasteiger partial charge in [0.05, 0.1) is 12.1 Å². The molecule has 1 fully saturated rings. The molecule has 110 valence electrons. The van der Waals surface area contributed by atoms with Crippen LogP contribution in [0, 0.1) is 0 Å². The number of hydrogen-bond donors (Lipinski definition) is 2. The Hall–Kier alpha value is -0.970. The van der Waals surface area contributed by atoms with E-state index in [0.717, 1.165) is 25.0 Å². The fraction of sp³-hybridized carbons (Fsp3) is 0.500. The largest absolute Gasteiger partial charge is 0.376 e. The zero-order valence-corrected chi connectivity index (χ0v) is 12.8. The molecule has 1 aromatic carbocycles. The molecule has 1 aromatic rings. The van der Waals surface area contributed by atoms with Crippen molar-refractivity contribution in [2.45, 2.75) is 31.9 Å². The molecule has 2 amide bonds. The van der Waals surface area contributed by atoms with Crippen molar-refractivity contribution < 1.29 is 9.53 Å². The lowest BCUT2D eigenvalue weighted by molar-refractivity contribution is 0.111. The molecule has 4 nitrogen and oxygen atoms in total. The maximum atomic E-state index is 11.8. The SMILES string of the molecule is C[C@@H](NC(=O)NC[C@H]1CCCO1)c1ccc(Cl)cc1Cl. The first-order valence-corrected chi connectivity index (χ1v) is 7.43. The van der Waals surface area contributed by atoms with Gasteiger partial charge in [-0.1, -0.05) is 29.3 Å². The van der Waals surface area contributed by atoms with Crippen molar-refractivity contribution in [1.82, 2.24) is 10.6 Å². The number of amides is 2. The molecule has 1 saturated heterocycles. The van der Waals surface area contributed by atoms with Crippen LogP contribution in [0.25, 0.3) is 0 Å². The number of urea groups is 1. The van der Waals surface area contributed by atoms with Crippen molar-refractivity contribution in [3.05, 3.63) is 33.8 Å². The van der Waals surface area contributed by atoms with Crippen molar-refractivity contribution in [3.8, 4) is 0 Å². The minimum atomic E-state index is -0.223. The number of hydrogen-bond acceptors (Lipinski definition) is 2. The molecule has 2 rings (SSSR count). The number of carbonyl (C=O) groups excluding carboxylic acids is 1. The molecule has 1 heterocycles. The number of carbonyl (C=O) groups is 1. The second-order valence-corrected chi connectivity index (χ2v) is 5.72. The monoisotopic (exact) mass is 316 g/mol. The van der Waals surface area contributed by atoms with E-state index < -0.39 is 0 Å². The van der Waals surface area contributed by atoms with Gasteiger partial charge >= 0.3 is 6.03 Å². The lowest BCUT2D eigenvalue weighted by Gasteiger charge is -2.17. The van der Waals surface area contributed by atoms with Gasteiger partial charge in [0.15, 0.2) is 0 Å². The van der Waals surface area contributed by atoms with Crippen LogP contribution in [-0.4, -0.2) is 25.3 Å². The Morgan fingerprint density at radius 2 is 2.30 bits per heavy atom. The Morgan fingerprint density at radius 3 is 2.95 bits per heavy atom. The van der Waals surface area contributed by atoms with Gasteiger partial charge in [0.25, 0.3) is 0 Å². The summed E-state index contributed by atoms with van der Waals surface area (Å²) >= 11 is 12.0. The first-order chi connectivity index (χ1) is 9.56. The normalized spacial score (nSPS) is 19.6. The molecular formula is C14H18Cl2N2O2. The lowest BCUT2D eigenvalue weighted by atomic mass is 10.1. The number of nitrogens with one attached hydrogen (secondary N) is 2. The molecule has 2 N–H and O–H groups in total. The third-order valence-corrected chi connectivity index (χ3v) is 3.85. The molecule has 1 aliphatic heterocycles. The van der Waals surface area contributed by atoms with Crippen LogP contribution in [0.2, 0.25) is 10.0 Å². The van der Waals surface area contributed by atoms with Crippen LogP contribution in [-0.2, 0) is 4.74 Å². The van der Waals surface area contributed by atoms with Gasteiger partial charge in [0.1, 0.15) is 0 Å². The van der Waals surface area contributed by atoms with E-state index in [1.165, 1.54) is 0 Å². The first kappa shape index (κ1) is 15.4. The topological polar surface area (TPSA) is 50.4 Å². The highest BCUT2D eigenvalue weighted by atomic mass is 35.5. The first-order valence-electron chi connectivity index (χ1n) is 6.67. The third kappa shape index (κ3) is 4.27. The zero-order valence-electron chi connectivity index (χ0n) is 11.3. The Bertz CT molecular complexity index is 476. The summed E-state index contributed by atoms with van der Waals surface area (Å²) in [6, 6.07) is 4.82. The molecule has 0 spiro atoms. The van der Waals surface area contributed by atoms with Crippen LogP contribution >= 0.6 is 23.2 Å². The van der Waals surface area contributed by atoms with Crippen LogP contribution < -0.4 is 10.6 Å². The van der Waals surface area contributed by atoms with Crippen LogP contribution in [0.4, 0.5) is 4.79 Å². The van der Waals surface area contributed by atoms with E-state index in [0.29, 0.717) is 16.6 Å². The molecule has 0 unspecified atom stereocenters. The van der Waals surface area contributed by atoms with Crippen molar-refractivity contribution in [3.63, 3.8) is 0 Å².